The summed E-state index contributed by atoms with van der Waals surface area (Å²) >= 11 is 0. The first-order valence-corrected chi connectivity index (χ1v) is 5.80. The van der Waals surface area contributed by atoms with Gasteiger partial charge in [0.05, 0.1) is 6.61 Å². The lowest BCUT2D eigenvalue weighted by Gasteiger charge is -1.94. The quantitative estimate of drug-likeness (QED) is 0.291. The number of carbonyl (C=O) groups is 3. The summed E-state index contributed by atoms with van der Waals surface area (Å²) in [6.45, 7) is 4.32. The highest BCUT2D eigenvalue weighted by Gasteiger charge is 2.23. The highest BCUT2D eigenvalue weighted by molar-refractivity contribution is 5.81. The standard InChI is InChI=1S/C6H10O4.C6H8O3/c7-5(8)3-1-2-4-6(9)10;1-2-6(7)9-4-5-3-8-5/h1-4H2,(H,7,8)(H,9,10);2,5H,1,3-4H2. The summed E-state index contributed by atoms with van der Waals surface area (Å²) in [5.74, 6) is -2.12. The molecule has 0 aliphatic carbocycles. The summed E-state index contributed by atoms with van der Waals surface area (Å²) in [5, 5.41) is 16.3. The molecule has 0 radical (unpaired) electrons. The molecule has 0 amide bonds. The Morgan fingerprint density at radius 3 is 2.00 bits per heavy atom. The first kappa shape index (κ1) is 17.1. The van der Waals surface area contributed by atoms with Crippen LogP contribution in [0.15, 0.2) is 12.7 Å². The molecule has 0 aromatic carbocycles. The predicted octanol–water partition coefficient (Wildman–Crippen LogP) is 0.830. The predicted molar refractivity (Wildman–Crippen MR) is 64.6 cm³/mol. The normalized spacial score (nSPS) is 15.7. The van der Waals surface area contributed by atoms with E-state index in [-0.39, 0.29) is 24.9 Å². The summed E-state index contributed by atoms with van der Waals surface area (Å²) in [6, 6.07) is 0. The Hall–Kier alpha value is -1.89. The molecular weight excluding hydrogens is 256 g/mol. The van der Waals surface area contributed by atoms with Crippen molar-refractivity contribution in [1.82, 2.24) is 0 Å². The average Bonchev–Trinajstić information content (AvgIpc) is 3.16. The Bertz CT molecular complexity index is 304. The molecule has 2 N–H and O–H groups in total. The lowest BCUT2D eigenvalue weighted by Crippen LogP contribution is -2.06. The molecule has 1 fully saturated rings. The first-order valence-electron chi connectivity index (χ1n) is 5.80. The molecule has 19 heavy (non-hydrogen) atoms. The van der Waals surface area contributed by atoms with Crippen molar-refractivity contribution in [3.05, 3.63) is 12.7 Å². The van der Waals surface area contributed by atoms with Crippen molar-refractivity contribution in [3.8, 4) is 0 Å². The summed E-state index contributed by atoms with van der Waals surface area (Å²) in [5.41, 5.74) is 0. The van der Waals surface area contributed by atoms with Gasteiger partial charge < -0.3 is 19.7 Å². The Kier molecular flexibility index (Phi) is 9.07. The molecule has 108 valence electrons. The van der Waals surface area contributed by atoms with Crippen LogP contribution in [0.3, 0.4) is 0 Å². The largest absolute Gasteiger partial charge is 0.481 e. The third-order valence-electron chi connectivity index (χ3n) is 2.01. The smallest absolute Gasteiger partial charge is 0.330 e. The zero-order chi connectivity index (χ0) is 14.7. The molecule has 7 nitrogen and oxygen atoms in total. The van der Waals surface area contributed by atoms with Crippen molar-refractivity contribution in [2.45, 2.75) is 31.8 Å². The van der Waals surface area contributed by atoms with Gasteiger partial charge in [0.15, 0.2) is 0 Å². The SMILES string of the molecule is C=CC(=O)OCC1CO1.O=C(O)CCCCC(=O)O. The minimum atomic E-state index is -0.870. The number of hydrogen-bond acceptors (Lipinski definition) is 5. The van der Waals surface area contributed by atoms with E-state index in [4.69, 9.17) is 14.9 Å². The second-order valence-corrected chi connectivity index (χ2v) is 3.78. The van der Waals surface area contributed by atoms with Crippen LogP contribution in [0.1, 0.15) is 25.7 Å². The van der Waals surface area contributed by atoms with Crippen molar-refractivity contribution in [1.29, 1.82) is 0 Å². The second-order valence-electron chi connectivity index (χ2n) is 3.78. The summed E-state index contributed by atoms with van der Waals surface area (Å²) in [7, 11) is 0. The Morgan fingerprint density at radius 2 is 1.68 bits per heavy atom. The van der Waals surface area contributed by atoms with Gasteiger partial charge in [-0.15, -0.1) is 0 Å². The van der Waals surface area contributed by atoms with E-state index in [0.717, 1.165) is 6.08 Å². The van der Waals surface area contributed by atoms with Crippen molar-refractivity contribution in [2.75, 3.05) is 13.2 Å². The number of carboxylic acids is 2. The maximum Gasteiger partial charge on any atom is 0.330 e. The van der Waals surface area contributed by atoms with Crippen molar-refractivity contribution >= 4 is 17.9 Å². The molecule has 1 unspecified atom stereocenters. The molecule has 0 aromatic rings. The van der Waals surface area contributed by atoms with Crippen LogP contribution >= 0.6 is 0 Å². The fourth-order valence-corrected chi connectivity index (χ4v) is 0.951. The third kappa shape index (κ3) is 14.0. The second kappa shape index (κ2) is 10.1. The number of carboxylic acid groups (broad SMARTS) is 2. The average molecular weight is 274 g/mol. The maximum atomic E-state index is 10.3. The first-order chi connectivity index (χ1) is 8.95. The number of ether oxygens (including phenoxy) is 2. The molecule has 0 bridgehead atoms. The molecule has 1 aliphatic rings. The van der Waals surface area contributed by atoms with E-state index in [9.17, 15) is 14.4 Å². The van der Waals surface area contributed by atoms with Gasteiger partial charge in [0.2, 0.25) is 0 Å². The third-order valence-corrected chi connectivity index (χ3v) is 2.01. The molecule has 0 aromatic heterocycles. The van der Waals surface area contributed by atoms with Crippen LogP contribution in [0.2, 0.25) is 0 Å². The van der Waals surface area contributed by atoms with Gasteiger partial charge in [-0.05, 0) is 12.8 Å². The van der Waals surface area contributed by atoms with Crippen LogP contribution in [0.25, 0.3) is 0 Å². The number of carbonyl (C=O) groups excluding carboxylic acids is 1. The Morgan fingerprint density at radius 1 is 1.21 bits per heavy atom. The molecule has 1 rings (SSSR count). The van der Waals surface area contributed by atoms with E-state index in [0.29, 0.717) is 26.1 Å². The number of hydrogen-bond donors (Lipinski definition) is 2. The van der Waals surface area contributed by atoms with Crippen LogP contribution in [-0.2, 0) is 23.9 Å². The highest BCUT2D eigenvalue weighted by atomic mass is 16.6. The van der Waals surface area contributed by atoms with Crippen LogP contribution in [0.5, 0.6) is 0 Å². The molecule has 1 heterocycles. The van der Waals surface area contributed by atoms with E-state index in [1.165, 1.54) is 0 Å². The molecule has 0 saturated carbocycles. The molecule has 0 spiro atoms. The Balaban J connectivity index is 0.000000342. The number of epoxide rings is 1. The molecule has 1 atom stereocenters. The Labute approximate surface area is 110 Å². The van der Waals surface area contributed by atoms with Crippen molar-refractivity contribution in [2.24, 2.45) is 0 Å². The summed E-state index contributed by atoms with van der Waals surface area (Å²) in [4.78, 5) is 30.1. The highest BCUT2D eigenvalue weighted by Crippen LogP contribution is 2.08. The van der Waals surface area contributed by atoms with Gasteiger partial charge in [-0.2, -0.15) is 0 Å². The van der Waals surface area contributed by atoms with Gasteiger partial charge in [-0.25, -0.2) is 4.79 Å². The van der Waals surface area contributed by atoms with Crippen LogP contribution < -0.4 is 0 Å². The topological polar surface area (TPSA) is 113 Å². The summed E-state index contributed by atoms with van der Waals surface area (Å²) < 4.78 is 9.42. The zero-order valence-electron chi connectivity index (χ0n) is 10.5. The van der Waals surface area contributed by atoms with E-state index >= 15 is 0 Å². The van der Waals surface area contributed by atoms with Gasteiger partial charge in [-0.3, -0.25) is 9.59 Å². The maximum absolute atomic E-state index is 10.3. The number of unbranched alkanes of at least 4 members (excludes halogenated alkanes) is 1. The van der Waals surface area contributed by atoms with Gasteiger partial charge in [0.25, 0.3) is 0 Å². The van der Waals surface area contributed by atoms with E-state index < -0.39 is 11.9 Å². The molecule has 7 heteroatoms. The fraction of sp³-hybridized carbons (Fsp3) is 0.583. The number of esters is 1. The van der Waals surface area contributed by atoms with E-state index in [1.54, 1.807) is 0 Å². The van der Waals surface area contributed by atoms with Crippen LogP contribution in [0, 0.1) is 0 Å². The fourth-order valence-electron chi connectivity index (χ4n) is 0.951. The van der Waals surface area contributed by atoms with Gasteiger partial charge >= 0.3 is 17.9 Å². The molecule has 1 aliphatic heterocycles. The van der Waals surface area contributed by atoms with Gasteiger partial charge in [-0.1, -0.05) is 6.58 Å². The van der Waals surface area contributed by atoms with Crippen molar-refractivity contribution < 1.29 is 34.1 Å². The van der Waals surface area contributed by atoms with Crippen molar-refractivity contribution in [3.63, 3.8) is 0 Å². The van der Waals surface area contributed by atoms with Gasteiger partial charge in [0.1, 0.15) is 12.7 Å². The van der Waals surface area contributed by atoms with E-state index in [1.807, 2.05) is 0 Å². The minimum absolute atomic E-state index is 0.0628. The lowest BCUT2D eigenvalue weighted by molar-refractivity contribution is -0.139. The number of rotatable bonds is 8. The number of aliphatic carboxylic acids is 2. The monoisotopic (exact) mass is 274 g/mol. The van der Waals surface area contributed by atoms with Gasteiger partial charge in [0, 0.05) is 18.9 Å². The van der Waals surface area contributed by atoms with Crippen LogP contribution in [0.4, 0.5) is 0 Å². The summed E-state index contributed by atoms with van der Waals surface area (Å²) in [6.07, 6.45) is 2.31. The van der Waals surface area contributed by atoms with E-state index in [2.05, 4.69) is 11.3 Å². The molecular formula is C12H18O7. The molecule has 1 saturated heterocycles. The zero-order valence-corrected chi connectivity index (χ0v) is 10.5. The lowest BCUT2D eigenvalue weighted by atomic mass is 10.2. The minimum Gasteiger partial charge on any atom is -0.481 e. The van der Waals surface area contributed by atoms with Crippen LogP contribution in [-0.4, -0.2) is 47.4 Å².